The molecule has 2 aromatic heterocycles. The first-order valence-corrected chi connectivity index (χ1v) is 12.9. The fourth-order valence-electron chi connectivity index (χ4n) is 4.84. The number of H-pyrrole nitrogens is 1. The lowest BCUT2D eigenvalue weighted by molar-refractivity contribution is -0.0836. The van der Waals surface area contributed by atoms with Gasteiger partial charge in [-0.25, -0.2) is 0 Å². The Labute approximate surface area is 203 Å². The fourth-order valence-corrected chi connectivity index (χ4v) is 6.29. The van der Waals surface area contributed by atoms with E-state index in [1.165, 1.54) is 27.1 Å². The number of hydrogen-bond donors (Lipinski definition) is 2. The van der Waals surface area contributed by atoms with Crippen molar-refractivity contribution in [1.82, 2.24) is 20.6 Å². The molecule has 0 spiro atoms. The first-order valence-electron chi connectivity index (χ1n) is 12.0. The van der Waals surface area contributed by atoms with E-state index in [1.54, 1.807) is 11.3 Å². The van der Waals surface area contributed by atoms with Crippen molar-refractivity contribution in [2.75, 3.05) is 0 Å². The zero-order chi connectivity index (χ0) is 24.6. The van der Waals surface area contributed by atoms with Crippen LogP contribution in [-0.2, 0) is 11.8 Å². The molecule has 3 aromatic rings. The second kappa shape index (κ2) is 9.30. The molecule has 2 unspecified atom stereocenters. The Kier molecular flexibility index (Phi) is 7.21. The van der Waals surface area contributed by atoms with Gasteiger partial charge < -0.3 is 5.11 Å². The second-order valence-corrected chi connectivity index (χ2v) is 11.8. The third-order valence-corrected chi connectivity index (χ3v) is 9.48. The summed E-state index contributed by atoms with van der Waals surface area (Å²) in [6.07, 6.45) is 2.90. The van der Waals surface area contributed by atoms with E-state index in [-0.39, 0.29) is 16.7 Å². The van der Waals surface area contributed by atoms with Crippen molar-refractivity contribution in [3.63, 3.8) is 0 Å². The molecule has 0 aliphatic carbocycles. The second-order valence-electron chi connectivity index (χ2n) is 10.8. The number of thiophene rings is 1. The molecule has 0 saturated heterocycles. The topological polar surface area (TPSA) is 74.7 Å². The number of aromatic amines is 1. The molecular formula is C27H40N4OS. The van der Waals surface area contributed by atoms with E-state index >= 15 is 0 Å². The highest BCUT2D eigenvalue weighted by atomic mass is 32.1. The number of aryl methyl sites for hydroxylation is 2. The molecule has 6 heteroatoms. The number of nitrogens with one attached hydrogen (secondary N) is 1. The monoisotopic (exact) mass is 468 g/mol. The lowest BCUT2D eigenvalue weighted by Gasteiger charge is -2.42. The zero-order valence-electron chi connectivity index (χ0n) is 21.7. The highest BCUT2D eigenvalue weighted by Gasteiger charge is 2.40. The van der Waals surface area contributed by atoms with Crippen molar-refractivity contribution in [2.24, 2.45) is 11.3 Å². The van der Waals surface area contributed by atoms with Gasteiger partial charge in [-0.2, -0.15) is 5.21 Å². The van der Waals surface area contributed by atoms with Crippen molar-refractivity contribution in [1.29, 1.82) is 0 Å². The number of benzene rings is 1. The van der Waals surface area contributed by atoms with Gasteiger partial charge in [0.2, 0.25) is 5.82 Å². The van der Waals surface area contributed by atoms with Crippen molar-refractivity contribution in [3.05, 3.63) is 51.4 Å². The van der Waals surface area contributed by atoms with Crippen molar-refractivity contribution >= 4 is 11.3 Å². The van der Waals surface area contributed by atoms with Crippen LogP contribution in [0.2, 0.25) is 0 Å². The number of tetrazole rings is 1. The highest BCUT2D eigenvalue weighted by Crippen LogP contribution is 2.46. The van der Waals surface area contributed by atoms with Crippen LogP contribution in [0.4, 0.5) is 0 Å². The highest BCUT2D eigenvalue weighted by molar-refractivity contribution is 7.15. The Hall–Kier alpha value is -2.05. The molecule has 3 rings (SSSR count). The number of aromatic nitrogens is 4. The molecule has 2 heterocycles. The van der Waals surface area contributed by atoms with Crippen LogP contribution in [0.25, 0.3) is 10.7 Å². The molecule has 0 amide bonds. The Morgan fingerprint density at radius 1 is 1.03 bits per heavy atom. The summed E-state index contributed by atoms with van der Waals surface area (Å²) in [5.74, 6) is 0.817. The molecule has 0 bridgehead atoms. The van der Waals surface area contributed by atoms with Crippen molar-refractivity contribution in [3.8, 4) is 10.7 Å². The largest absolute Gasteiger partial charge is 0.389 e. The smallest absolute Gasteiger partial charge is 0.214 e. The van der Waals surface area contributed by atoms with E-state index in [4.69, 9.17) is 0 Å². The van der Waals surface area contributed by atoms with Crippen LogP contribution in [0.5, 0.6) is 0 Å². The van der Waals surface area contributed by atoms with Gasteiger partial charge in [-0.1, -0.05) is 59.7 Å². The predicted octanol–water partition coefficient (Wildman–Crippen LogP) is 6.63. The summed E-state index contributed by atoms with van der Waals surface area (Å²) in [6.45, 7) is 19.4. The number of aliphatic hydroxyl groups is 1. The Bertz CT molecular complexity index is 1070. The SMILES string of the molecule is CCC(CC)(c1ccc(CC(C)C(C)(O)C(C)(C)C)c(C)c1)c1cc(C)c(-c2nn[nH]n2)s1. The maximum absolute atomic E-state index is 11.2. The van der Waals surface area contributed by atoms with Crippen LogP contribution in [0.3, 0.4) is 0 Å². The molecule has 0 saturated carbocycles. The van der Waals surface area contributed by atoms with Gasteiger partial charge in [0.05, 0.1) is 10.5 Å². The lowest BCUT2D eigenvalue weighted by Crippen LogP contribution is -2.46. The normalized spacial score (nSPS) is 15.5. The molecule has 0 fully saturated rings. The molecule has 2 atom stereocenters. The summed E-state index contributed by atoms with van der Waals surface area (Å²) in [5.41, 5.74) is 4.18. The molecule has 180 valence electrons. The minimum atomic E-state index is -0.741. The summed E-state index contributed by atoms with van der Waals surface area (Å²) >= 11 is 1.78. The van der Waals surface area contributed by atoms with Crippen LogP contribution >= 0.6 is 11.3 Å². The summed E-state index contributed by atoms with van der Waals surface area (Å²) in [5, 5.41) is 25.9. The van der Waals surface area contributed by atoms with E-state index in [0.717, 1.165) is 24.1 Å². The van der Waals surface area contributed by atoms with Crippen molar-refractivity contribution in [2.45, 2.75) is 92.6 Å². The van der Waals surface area contributed by atoms with E-state index in [0.29, 0.717) is 5.82 Å². The minimum Gasteiger partial charge on any atom is -0.389 e. The van der Waals surface area contributed by atoms with Crippen LogP contribution in [0.1, 0.15) is 88.4 Å². The fraction of sp³-hybridized carbons (Fsp3) is 0.593. The lowest BCUT2D eigenvalue weighted by atomic mass is 9.68. The van der Waals surface area contributed by atoms with Gasteiger partial charge in [-0.15, -0.1) is 21.5 Å². The molecule has 5 nitrogen and oxygen atoms in total. The molecule has 2 N–H and O–H groups in total. The van der Waals surface area contributed by atoms with Gasteiger partial charge in [0.25, 0.3) is 0 Å². The Balaban J connectivity index is 1.97. The van der Waals surface area contributed by atoms with Crippen LogP contribution in [0.15, 0.2) is 24.3 Å². The summed E-state index contributed by atoms with van der Waals surface area (Å²) in [6, 6.07) is 9.25. The Morgan fingerprint density at radius 3 is 2.21 bits per heavy atom. The molecule has 0 aliphatic heterocycles. The van der Waals surface area contributed by atoms with Gasteiger partial charge in [0.15, 0.2) is 0 Å². The third kappa shape index (κ3) is 4.65. The van der Waals surface area contributed by atoms with Crippen LogP contribution in [-0.4, -0.2) is 31.3 Å². The number of hydrogen-bond acceptors (Lipinski definition) is 5. The number of nitrogens with zero attached hydrogens (tertiary/aromatic N) is 3. The minimum absolute atomic E-state index is 0.0524. The first kappa shape index (κ1) is 25.6. The quantitative estimate of drug-likeness (QED) is 0.389. The molecule has 33 heavy (non-hydrogen) atoms. The summed E-state index contributed by atoms with van der Waals surface area (Å²) < 4.78 is 0. The zero-order valence-corrected chi connectivity index (χ0v) is 22.5. The van der Waals surface area contributed by atoms with Gasteiger partial charge in [0, 0.05) is 10.3 Å². The molecular weight excluding hydrogens is 428 g/mol. The maximum Gasteiger partial charge on any atom is 0.214 e. The van der Waals surface area contributed by atoms with Gasteiger partial charge in [0.1, 0.15) is 0 Å². The van der Waals surface area contributed by atoms with Crippen molar-refractivity contribution < 1.29 is 5.11 Å². The number of rotatable bonds is 8. The van der Waals surface area contributed by atoms with E-state index < -0.39 is 5.60 Å². The van der Waals surface area contributed by atoms with Gasteiger partial charge in [-0.3, -0.25) is 0 Å². The summed E-state index contributed by atoms with van der Waals surface area (Å²) in [4.78, 5) is 2.43. The molecule has 0 radical (unpaired) electrons. The average Bonchev–Trinajstić information content (AvgIpc) is 3.40. The average molecular weight is 469 g/mol. The molecule has 0 aliphatic rings. The molecule has 1 aromatic carbocycles. The van der Waals surface area contributed by atoms with Gasteiger partial charge in [-0.05, 0) is 84.9 Å². The van der Waals surface area contributed by atoms with Gasteiger partial charge >= 0.3 is 0 Å². The Morgan fingerprint density at radius 2 is 1.70 bits per heavy atom. The van der Waals surface area contributed by atoms with E-state index in [1.807, 2.05) is 6.92 Å². The predicted molar refractivity (Wildman–Crippen MR) is 138 cm³/mol. The third-order valence-electron chi connectivity index (χ3n) is 8.04. The maximum atomic E-state index is 11.2. The standard InChI is InChI=1S/C27H40N4OS/c1-10-27(11-2,22-15-18(4)23(33-22)24-28-30-31-29-24)21-13-12-20(17(3)14-21)16-19(5)26(9,32)25(6,7)8/h12-15,19,32H,10-11,16H2,1-9H3,(H,28,29,30,31). The van der Waals surface area contributed by atoms with Crippen LogP contribution < -0.4 is 0 Å². The van der Waals surface area contributed by atoms with Crippen LogP contribution in [0, 0.1) is 25.2 Å². The first-order chi connectivity index (χ1) is 15.4. The van der Waals surface area contributed by atoms with E-state index in [9.17, 15) is 5.11 Å². The summed E-state index contributed by atoms with van der Waals surface area (Å²) in [7, 11) is 0. The van der Waals surface area contributed by atoms with E-state index in [2.05, 4.69) is 100 Å².